The Morgan fingerprint density at radius 2 is 1.69 bits per heavy atom. The minimum Gasteiger partial charge on any atom is -0.376 e. The minimum absolute atomic E-state index is 0.0916. The van der Waals surface area contributed by atoms with Crippen molar-refractivity contribution in [3.8, 4) is 0 Å². The average Bonchev–Trinajstić information content (AvgIpc) is 2.65. The van der Waals surface area contributed by atoms with Gasteiger partial charge in [0, 0.05) is 11.3 Å². The molecule has 26 heavy (non-hydrogen) atoms. The number of anilines is 1. The molecule has 0 saturated carbocycles. The van der Waals surface area contributed by atoms with Crippen molar-refractivity contribution in [3.05, 3.63) is 64.2 Å². The molecule has 2 aromatic carbocycles. The van der Waals surface area contributed by atoms with E-state index in [0.717, 1.165) is 24.1 Å². The largest absolute Gasteiger partial charge is 0.376 e. The quantitative estimate of drug-likeness (QED) is 0.742. The number of carbonyl (C=O) groups excluding carboxylic acids is 2. The average molecular weight is 351 g/mol. The number of hydrogen-bond donors (Lipinski definition) is 3. The molecular formula is C21H25N3O2. The van der Waals surface area contributed by atoms with Crippen molar-refractivity contribution in [1.29, 1.82) is 0 Å². The van der Waals surface area contributed by atoms with Gasteiger partial charge in [0.25, 0.3) is 11.8 Å². The Morgan fingerprint density at radius 3 is 2.46 bits per heavy atom. The first kappa shape index (κ1) is 18.0. The smallest absolute Gasteiger partial charge is 0.269 e. The monoisotopic (exact) mass is 351 g/mol. The van der Waals surface area contributed by atoms with Gasteiger partial charge < -0.3 is 5.32 Å². The maximum absolute atomic E-state index is 12.3. The van der Waals surface area contributed by atoms with Crippen molar-refractivity contribution in [3.63, 3.8) is 0 Å². The van der Waals surface area contributed by atoms with Crippen molar-refractivity contribution in [2.24, 2.45) is 0 Å². The van der Waals surface area contributed by atoms with Crippen LogP contribution in [-0.2, 0) is 17.6 Å². The second-order valence-corrected chi connectivity index (χ2v) is 6.86. The lowest BCUT2D eigenvalue weighted by molar-refractivity contribution is -0.120. The number of amides is 2. The highest BCUT2D eigenvalue weighted by Crippen LogP contribution is 2.22. The van der Waals surface area contributed by atoms with Crippen LogP contribution in [0, 0.1) is 13.8 Å². The maximum atomic E-state index is 12.3. The normalized spacial score (nSPS) is 12.8. The standard InChI is InChI=1S/C21H25N3O2/c1-14-7-10-19(15(2)11-14)22-13-20(25)23-24-21(26)18-9-8-16-5-3-4-6-17(16)12-18/h7-12,22H,3-6,13H2,1-2H3,(H,23,25)(H,24,26). The van der Waals surface area contributed by atoms with Crippen molar-refractivity contribution in [2.45, 2.75) is 39.5 Å². The van der Waals surface area contributed by atoms with Crippen LogP contribution in [0.2, 0.25) is 0 Å². The summed E-state index contributed by atoms with van der Waals surface area (Å²) in [6.07, 6.45) is 4.47. The van der Waals surface area contributed by atoms with Crippen molar-refractivity contribution in [2.75, 3.05) is 11.9 Å². The molecule has 0 radical (unpaired) electrons. The summed E-state index contributed by atoms with van der Waals surface area (Å²) in [6, 6.07) is 11.8. The highest BCUT2D eigenvalue weighted by molar-refractivity contribution is 5.96. The van der Waals surface area contributed by atoms with E-state index < -0.39 is 0 Å². The second kappa shape index (κ2) is 8.04. The third kappa shape index (κ3) is 4.42. The van der Waals surface area contributed by atoms with Crippen LogP contribution in [0.3, 0.4) is 0 Å². The Balaban J connectivity index is 1.50. The molecule has 0 unspecified atom stereocenters. The molecule has 2 amide bonds. The summed E-state index contributed by atoms with van der Waals surface area (Å²) in [4.78, 5) is 24.2. The fourth-order valence-corrected chi connectivity index (χ4v) is 3.30. The van der Waals surface area contributed by atoms with Crippen molar-refractivity contribution >= 4 is 17.5 Å². The molecule has 0 bridgehead atoms. The van der Waals surface area contributed by atoms with Gasteiger partial charge in [-0.1, -0.05) is 23.8 Å². The zero-order chi connectivity index (χ0) is 18.5. The number of carbonyl (C=O) groups is 2. The fourth-order valence-electron chi connectivity index (χ4n) is 3.30. The number of fused-ring (bicyclic) bond motifs is 1. The molecule has 2 aromatic rings. The SMILES string of the molecule is Cc1ccc(NCC(=O)NNC(=O)c2ccc3c(c2)CCCC3)c(C)c1. The van der Waals surface area contributed by atoms with Gasteiger partial charge in [0.05, 0.1) is 6.54 Å². The molecule has 3 rings (SSSR count). The maximum Gasteiger partial charge on any atom is 0.269 e. The highest BCUT2D eigenvalue weighted by atomic mass is 16.2. The number of aryl methyl sites for hydroxylation is 4. The van der Waals surface area contributed by atoms with Gasteiger partial charge in [-0.15, -0.1) is 0 Å². The first-order chi connectivity index (χ1) is 12.5. The van der Waals surface area contributed by atoms with Crippen LogP contribution in [0.15, 0.2) is 36.4 Å². The summed E-state index contributed by atoms with van der Waals surface area (Å²) in [7, 11) is 0. The summed E-state index contributed by atoms with van der Waals surface area (Å²) < 4.78 is 0. The summed E-state index contributed by atoms with van der Waals surface area (Å²) in [5, 5.41) is 3.08. The van der Waals surface area contributed by atoms with Crippen molar-refractivity contribution < 1.29 is 9.59 Å². The molecule has 0 aliphatic heterocycles. The molecule has 3 N–H and O–H groups in total. The third-order valence-corrected chi connectivity index (χ3v) is 4.75. The lowest BCUT2D eigenvalue weighted by Gasteiger charge is -2.16. The van der Waals surface area contributed by atoms with Gasteiger partial charge in [0.2, 0.25) is 0 Å². The van der Waals surface area contributed by atoms with Crippen LogP contribution in [0.4, 0.5) is 5.69 Å². The minimum atomic E-state index is -0.295. The lowest BCUT2D eigenvalue weighted by Crippen LogP contribution is -2.44. The molecule has 0 aromatic heterocycles. The Kier molecular flexibility index (Phi) is 5.56. The Labute approximate surface area is 154 Å². The summed E-state index contributed by atoms with van der Waals surface area (Å²) in [5.41, 5.74) is 11.3. The molecule has 5 nitrogen and oxygen atoms in total. The first-order valence-corrected chi connectivity index (χ1v) is 9.05. The predicted octanol–water partition coefficient (Wildman–Crippen LogP) is 3.06. The Morgan fingerprint density at radius 1 is 0.923 bits per heavy atom. The molecule has 0 atom stereocenters. The van der Waals surface area contributed by atoms with Gasteiger partial charge >= 0.3 is 0 Å². The number of benzene rings is 2. The van der Waals surface area contributed by atoms with Crippen LogP contribution >= 0.6 is 0 Å². The molecule has 136 valence electrons. The van der Waals surface area contributed by atoms with Crippen LogP contribution in [-0.4, -0.2) is 18.4 Å². The summed E-state index contributed by atoms with van der Waals surface area (Å²) in [5.74, 6) is -0.588. The third-order valence-electron chi connectivity index (χ3n) is 4.75. The lowest BCUT2D eigenvalue weighted by atomic mass is 9.90. The fraction of sp³-hybridized carbons (Fsp3) is 0.333. The van der Waals surface area contributed by atoms with Gasteiger partial charge in [-0.3, -0.25) is 20.4 Å². The van der Waals surface area contributed by atoms with Gasteiger partial charge in [-0.2, -0.15) is 0 Å². The van der Waals surface area contributed by atoms with E-state index in [1.54, 1.807) is 0 Å². The molecule has 0 fully saturated rings. The van der Waals surface area contributed by atoms with Gasteiger partial charge in [-0.05, 0) is 74.4 Å². The van der Waals surface area contributed by atoms with Crippen LogP contribution in [0.1, 0.15) is 45.5 Å². The van der Waals surface area contributed by atoms with E-state index in [2.05, 4.69) is 22.2 Å². The number of hydrogen-bond acceptors (Lipinski definition) is 3. The number of rotatable bonds is 4. The highest BCUT2D eigenvalue weighted by Gasteiger charge is 2.13. The molecule has 1 aliphatic rings. The molecule has 0 saturated heterocycles. The predicted molar refractivity (Wildman–Crippen MR) is 103 cm³/mol. The molecule has 0 heterocycles. The summed E-state index contributed by atoms with van der Waals surface area (Å²) >= 11 is 0. The van der Waals surface area contributed by atoms with E-state index in [1.807, 2.05) is 44.2 Å². The molecule has 5 heteroatoms. The van der Waals surface area contributed by atoms with E-state index >= 15 is 0 Å². The Hall–Kier alpha value is -2.82. The van der Waals surface area contributed by atoms with Gasteiger partial charge in [-0.25, -0.2) is 0 Å². The Bertz CT molecular complexity index is 830. The van der Waals surface area contributed by atoms with E-state index in [-0.39, 0.29) is 18.4 Å². The zero-order valence-electron chi connectivity index (χ0n) is 15.3. The topological polar surface area (TPSA) is 70.2 Å². The van der Waals surface area contributed by atoms with Gasteiger partial charge in [0.1, 0.15) is 0 Å². The number of nitrogens with one attached hydrogen (secondary N) is 3. The van der Waals surface area contributed by atoms with Crippen molar-refractivity contribution in [1.82, 2.24) is 10.9 Å². The van der Waals surface area contributed by atoms with E-state index in [0.29, 0.717) is 5.56 Å². The zero-order valence-corrected chi connectivity index (χ0v) is 15.3. The van der Waals surface area contributed by atoms with Crippen LogP contribution in [0.25, 0.3) is 0 Å². The van der Waals surface area contributed by atoms with Gasteiger partial charge in [0.15, 0.2) is 0 Å². The van der Waals surface area contributed by atoms with E-state index in [1.165, 1.54) is 29.5 Å². The molecule has 1 aliphatic carbocycles. The number of hydrazine groups is 1. The van der Waals surface area contributed by atoms with E-state index in [4.69, 9.17) is 0 Å². The molecule has 0 spiro atoms. The summed E-state index contributed by atoms with van der Waals surface area (Å²) in [6.45, 7) is 4.11. The van der Waals surface area contributed by atoms with Crippen LogP contribution in [0.5, 0.6) is 0 Å². The van der Waals surface area contributed by atoms with Crippen LogP contribution < -0.4 is 16.2 Å². The second-order valence-electron chi connectivity index (χ2n) is 6.86. The van der Waals surface area contributed by atoms with E-state index in [9.17, 15) is 9.59 Å². The molecular weight excluding hydrogens is 326 g/mol. The first-order valence-electron chi connectivity index (χ1n) is 9.05.